The number of rotatable bonds is 6. The fourth-order valence-corrected chi connectivity index (χ4v) is 2.28. The van der Waals surface area contributed by atoms with Gasteiger partial charge in [0.2, 0.25) is 5.75 Å². The van der Waals surface area contributed by atoms with E-state index >= 15 is 0 Å². The van der Waals surface area contributed by atoms with Crippen molar-refractivity contribution in [3.8, 4) is 17.2 Å². The van der Waals surface area contributed by atoms with E-state index in [9.17, 15) is 0 Å². The Morgan fingerprint density at radius 3 is 2.76 bits per heavy atom. The molecule has 0 atom stereocenters. The van der Waals surface area contributed by atoms with E-state index in [2.05, 4.69) is 32.2 Å². The fraction of sp³-hybridized carbons (Fsp3) is 0.529. The van der Waals surface area contributed by atoms with Crippen LogP contribution in [-0.2, 0) is 0 Å². The van der Waals surface area contributed by atoms with Crippen molar-refractivity contribution in [2.75, 3.05) is 33.4 Å². The Hall–Kier alpha value is -1.68. The van der Waals surface area contributed by atoms with Gasteiger partial charge in [-0.3, -0.25) is 0 Å². The molecule has 0 amide bonds. The van der Waals surface area contributed by atoms with Crippen LogP contribution in [0.3, 0.4) is 0 Å². The predicted molar refractivity (Wildman–Crippen MR) is 85.3 cm³/mol. The second-order valence-electron chi connectivity index (χ2n) is 5.40. The van der Waals surface area contributed by atoms with Gasteiger partial charge in [-0.15, -0.1) is 0 Å². The minimum Gasteiger partial charge on any atom is -0.493 e. The first-order valence-electron chi connectivity index (χ1n) is 7.54. The number of likely N-dealkylation sites (N-methyl/N-ethyl adjacent to an activating group) is 1. The summed E-state index contributed by atoms with van der Waals surface area (Å²) in [6, 6.07) is 4.02. The number of benzene rings is 1. The van der Waals surface area contributed by atoms with Crippen molar-refractivity contribution in [1.82, 2.24) is 5.32 Å². The minimum atomic E-state index is 0.489. The summed E-state index contributed by atoms with van der Waals surface area (Å²) in [6.45, 7) is 9.54. The van der Waals surface area contributed by atoms with Crippen LogP contribution in [0.1, 0.15) is 26.3 Å². The van der Waals surface area contributed by atoms with E-state index < -0.39 is 0 Å². The van der Waals surface area contributed by atoms with Gasteiger partial charge in [-0.2, -0.15) is 0 Å². The third kappa shape index (κ3) is 3.91. The van der Waals surface area contributed by atoms with Gasteiger partial charge < -0.3 is 19.5 Å². The molecule has 0 unspecified atom stereocenters. The summed E-state index contributed by atoms with van der Waals surface area (Å²) in [6.07, 6.45) is 2.20. The van der Waals surface area contributed by atoms with Crippen LogP contribution >= 0.6 is 0 Å². The maximum Gasteiger partial charge on any atom is 0.203 e. The summed E-state index contributed by atoms with van der Waals surface area (Å²) in [5.74, 6) is 2.69. The average Bonchev–Trinajstić information content (AvgIpc) is 2.50. The van der Waals surface area contributed by atoms with Gasteiger partial charge in [0, 0.05) is 6.54 Å². The molecule has 1 N–H and O–H groups in total. The molecule has 1 aromatic rings. The molecule has 0 aliphatic carbocycles. The van der Waals surface area contributed by atoms with E-state index in [0.717, 1.165) is 30.2 Å². The standard InChI is InChI=1S/C17H25NO3/c1-5-18-11-14(12(2)3)8-13-9-15(19-4)17-16(10-13)20-6-7-21-17/h8-10,12,18H,5-7,11H2,1-4H3. The first kappa shape index (κ1) is 15.7. The number of fused-ring (bicyclic) bond motifs is 1. The largest absolute Gasteiger partial charge is 0.493 e. The normalized spacial score (nSPS) is 14.4. The summed E-state index contributed by atoms with van der Waals surface area (Å²) in [5, 5.41) is 3.39. The Morgan fingerprint density at radius 1 is 1.33 bits per heavy atom. The third-order valence-electron chi connectivity index (χ3n) is 3.52. The molecule has 0 bridgehead atoms. The lowest BCUT2D eigenvalue weighted by Crippen LogP contribution is -2.18. The molecule has 21 heavy (non-hydrogen) atoms. The van der Waals surface area contributed by atoms with Gasteiger partial charge in [0.15, 0.2) is 11.5 Å². The highest BCUT2D eigenvalue weighted by Crippen LogP contribution is 2.40. The number of methoxy groups -OCH3 is 1. The Labute approximate surface area is 127 Å². The van der Waals surface area contributed by atoms with E-state index in [1.54, 1.807) is 7.11 Å². The monoisotopic (exact) mass is 291 g/mol. The summed E-state index contributed by atoms with van der Waals surface area (Å²) in [5.41, 5.74) is 2.44. The molecule has 116 valence electrons. The van der Waals surface area contributed by atoms with Gasteiger partial charge in [0.1, 0.15) is 13.2 Å². The fourth-order valence-electron chi connectivity index (χ4n) is 2.28. The number of nitrogens with one attached hydrogen (secondary N) is 1. The zero-order chi connectivity index (χ0) is 15.2. The molecule has 4 nitrogen and oxygen atoms in total. The maximum atomic E-state index is 5.68. The molecule has 0 aromatic heterocycles. The Balaban J connectivity index is 2.34. The molecular weight excluding hydrogens is 266 g/mol. The summed E-state index contributed by atoms with van der Waals surface area (Å²) in [4.78, 5) is 0. The van der Waals surface area contributed by atoms with Crippen molar-refractivity contribution < 1.29 is 14.2 Å². The molecule has 0 radical (unpaired) electrons. The summed E-state index contributed by atoms with van der Waals surface area (Å²) >= 11 is 0. The van der Waals surface area contributed by atoms with Gasteiger partial charge >= 0.3 is 0 Å². The highest BCUT2D eigenvalue weighted by Gasteiger charge is 2.18. The molecule has 0 fully saturated rings. The smallest absolute Gasteiger partial charge is 0.203 e. The highest BCUT2D eigenvalue weighted by atomic mass is 16.6. The van der Waals surface area contributed by atoms with Crippen molar-refractivity contribution in [3.05, 3.63) is 23.3 Å². The molecule has 0 saturated heterocycles. The first-order chi connectivity index (χ1) is 10.2. The van der Waals surface area contributed by atoms with E-state index in [1.807, 2.05) is 12.1 Å². The lowest BCUT2D eigenvalue weighted by Gasteiger charge is -2.21. The summed E-state index contributed by atoms with van der Waals surface area (Å²) < 4.78 is 16.7. The minimum absolute atomic E-state index is 0.489. The Bertz CT molecular complexity index is 492. The van der Waals surface area contributed by atoms with E-state index in [4.69, 9.17) is 14.2 Å². The number of hydrogen-bond acceptors (Lipinski definition) is 4. The van der Waals surface area contributed by atoms with Gasteiger partial charge in [-0.1, -0.05) is 32.4 Å². The van der Waals surface area contributed by atoms with E-state index in [-0.39, 0.29) is 0 Å². The lowest BCUT2D eigenvalue weighted by atomic mass is 9.99. The summed E-state index contributed by atoms with van der Waals surface area (Å²) in [7, 11) is 1.66. The van der Waals surface area contributed by atoms with Crippen LogP contribution in [0.2, 0.25) is 0 Å². The van der Waals surface area contributed by atoms with Crippen molar-refractivity contribution in [1.29, 1.82) is 0 Å². The average molecular weight is 291 g/mol. The van der Waals surface area contributed by atoms with Crippen LogP contribution < -0.4 is 19.5 Å². The number of ether oxygens (including phenoxy) is 3. The molecule has 1 aromatic carbocycles. The van der Waals surface area contributed by atoms with Crippen LogP contribution in [0.4, 0.5) is 0 Å². The Morgan fingerprint density at radius 2 is 2.10 bits per heavy atom. The van der Waals surface area contributed by atoms with Gasteiger partial charge in [-0.25, -0.2) is 0 Å². The van der Waals surface area contributed by atoms with Crippen LogP contribution in [0.15, 0.2) is 17.7 Å². The van der Waals surface area contributed by atoms with Gasteiger partial charge in [-0.05, 0) is 30.2 Å². The molecule has 4 heteroatoms. The van der Waals surface area contributed by atoms with Gasteiger partial charge in [0.25, 0.3) is 0 Å². The van der Waals surface area contributed by atoms with Crippen LogP contribution in [0.5, 0.6) is 17.2 Å². The van der Waals surface area contributed by atoms with E-state index in [1.165, 1.54) is 5.57 Å². The van der Waals surface area contributed by atoms with Crippen molar-refractivity contribution in [2.45, 2.75) is 20.8 Å². The molecule has 2 rings (SSSR count). The second-order valence-corrected chi connectivity index (χ2v) is 5.40. The van der Waals surface area contributed by atoms with Crippen LogP contribution in [0, 0.1) is 5.92 Å². The molecule has 1 heterocycles. The van der Waals surface area contributed by atoms with Crippen molar-refractivity contribution in [2.24, 2.45) is 5.92 Å². The highest BCUT2D eigenvalue weighted by molar-refractivity contribution is 5.64. The molecule has 1 aliphatic heterocycles. The predicted octanol–water partition coefficient (Wildman–Crippen LogP) is 3.12. The Kier molecular flexibility index (Phi) is 5.51. The molecule has 1 aliphatic rings. The van der Waals surface area contributed by atoms with Crippen LogP contribution in [0.25, 0.3) is 6.08 Å². The van der Waals surface area contributed by atoms with Crippen molar-refractivity contribution in [3.63, 3.8) is 0 Å². The number of hydrogen-bond donors (Lipinski definition) is 1. The lowest BCUT2D eigenvalue weighted by molar-refractivity contribution is 0.165. The second kappa shape index (κ2) is 7.36. The van der Waals surface area contributed by atoms with Gasteiger partial charge in [0.05, 0.1) is 7.11 Å². The molecule has 0 saturated carbocycles. The van der Waals surface area contributed by atoms with Crippen molar-refractivity contribution >= 4 is 6.08 Å². The zero-order valence-electron chi connectivity index (χ0n) is 13.4. The zero-order valence-corrected chi connectivity index (χ0v) is 13.4. The molecule has 0 spiro atoms. The first-order valence-corrected chi connectivity index (χ1v) is 7.54. The SMILES string of the molecule is CCNCC(=Cc1cc(OC)c2c(c1)OCCO2)C(C)C. The van der Waals surface area contributed by atoms with E-state index in [0.29, 0.717) is 24.9 Å². The third-order valence-corrected chi connectivity index (χ3v) is 3.52. The van der Waals surface area contributed by atoms with Crippen LogP contribution in [-0.4, -0.2) is 33.4 Å². The quantitative estimate of drug-likeness (QED) is 0.874. The topological polar surface area (TPSA) is 39.7 Å². The maximum absolute atomic E-state index is 5.68. The molecular formula is C17H25NO3.